The molecule has 0 aliphatic carbocycles. The van der Waals surface area contributed by atoms with Gasteiger partial charge in [-0.2, -0.15) is 0 Å². The first kappa shape index (κ1) is 19.8. The van der Waals surface area contributed by atoms with E-state index in [0.29, 0.717) is 22.7 Å². The topological polar surface area (TPSA) is 96.3 Å². The highest BCUT2D eigenvalue weighted by Gasteiger charge is 2.13. The molecule has 0 fully saturated rings. The highest BCUT2D eigenvalue weighted by Crippen LogP contribution is 2.29. The van der Waals surface area contributed by atoms with Gasteiger partial charge in [0.25, 0.3) is 5.69 Å². The molecule has 0 saturated carbocycles. The molecular weight excluding hydrogens is 375 g/mol. The molecule has 148 valence electrons. The van der Waals surface area contributed by atoms with Crippen LogP contribution in [0.15, 0.2) is 66.7 Å². The minimum atomic E-state index is -0.514. The van der Waals surface area contributed by atoms with Crippen molar-refractivity contribution in [1.29, 1.82) is 0 Å². The average molecular weight is 394 g/mol. The fourth-order valence-electron chi connectivity index (χ4n) is 2.67. The van der Waals surface area contributed by atoms with E-state index in [1.807, 2.05) is 25.1 Å². The van der Waals surface area contributed by atoms with Crippen LogP contribution in [0.3, 0.4) is 0 Å². The highest BCUT2D eigenvalue weighted by atomic mass is 19.1. The maximum Gasteiger partial charge on any atom is 0.271 e. The van der Waals surface area contributed by atoms with Crippen LogP contribution in [0.5, 0.6) is 0 Å². The number of anilines is 4. The molecule has 3 aromatic rings. The molecule has 0 unspecified atom stereocenters. The minimum Gasteiger partial charge on any atom is -0.374 e. The summed E-state index contributed by atoms with van der Waals surface area (Å²) in [6.45, 7) is 1.79. The smallest absolute Gasteiger partial charge is 0.271 e. The molecule has 0 saturated heterocycles. The summed E-state index contributed by atoms with van der Waals surface area (Å²) in [5.41, 5.74) is 3.01. The lowest BCUT2D eigenvalue weighted by atomic mass is 10.2. The first-order valence-corrected chi connectivity index (χ1v) is 8.83. The SMILES string of the molecule is Cc1ccccc1NC(=O)CNc1cc([N+](=O)[O-])ccc1Nc1ccc(F)cc1. The van der Waals surface area contributed by atoms with E-state index >= 15 is 0 Å². The summed E-state index contributed by atoms with van der Waals surface area (Å²) in [5, 5.41) is 19.9. The second-order valence-corrected chi connectivity index (χ2v) is 6.34. The molecule has 1 amide bonds. The van der Waals surface area contributed by atoms with E-state index in [0.717, 1.165) is 5.56 Å². The van der Waals surface area contributed by atoms with Crippen LogP contribution in [0, 0.1) is 22.9 Å². The summed E-state index contributed by atoms with van der Waals surface area (Å²) in [6.07, 6.45) is 0. The monoisotopic (exact) mass is 394 g/mol. The zero-order chi connectivity index (χ0) is 20.8. The normalized spacial score (nSPS) is 10.3. The number of para-hydroxylation sites is 1. The second-order valence-electron chi connectivity index (χ2n) is 6.34. The maximum atomic E-state index is 13.1. The maximum absolute atomic E-state index is 13.1. The summed E-state index contributed by atoms with van der Waals surface area (Å²) in [7, 11) is 0. The van der Waals surface area contributed by atoms with E-state index in [1.165, 1.54) is 30.3 Å². The van der Waals surface area contributed by atoms with E-state index in [-0.39, 0.29) is 24.0 Å². The van der Waals surface area contributed by atoms with Gasteiger partial charge in [0.05, 0.1) is 22.8 Å². The van der Waals surface area contributed by atoms with Crippen molar-refractivity contribution in [2.75, 3.05) is 22.5 Å². The van der Waals surface area contributed by atoms with Crippen molar-refractivity contribution < 1.29 is 14.1 Å². The Morgan fingerprint density at radius 3 is 2.41 bits per heavy atom. The van der Waals surface area contributed by atoms with Gasteiger partial charge < -0.3 is 16.0 Å². The molecule has 0 aliphatic rings. The summed E-state index contributed by atoms with van der Waals surface area (Å²) >= 11 is 0. The fourth-order valence-corrected chi connectivity index (χ4v) is 2.67. The van der Waals surface area contributed by atoms with Gasteiger partial charge in [0.15, 0.2) is 0 Å². The standard InChI is InChI=1S/C21H19FN4O3/c1-14-4-2-3-5-18(14)25-21(27)13-23-20-12-17(26(28)29)10-11-19(20)24-16-8-6-15(22)7-9-16/h2-12,23-24H,13H2,1H3,(H,25,27). The van der Waals surface area contributed by atoms with Crippen LogP contribution >= 0.6 is 0 Å². The van der Waals surface area contributed by atoms with Crippen LogP contribution in [0.2, 0.25) is 0 Å². The summed E-state index contributed by atoms with van der Waals surface area (Å²) in [4.78, 5) is 22.9. The molecule has 3 aromatic carbocycles. The predicted molar refractivity (Wildman–Crippen MR) is 111 cm³/mol. The summed E-state index contributed by atoms with van der Waals surface area (Å²) in [5.74, 6) is -0.663. The molecule has 8 heteroatoms. The average Bonchev–Trinajstić information content (AvgIpc) is 2.70. The zero-order valence-corrected chi connectivity index (χ0v) is 15.6. The fraction of sp³-hybridized carbons (Fsp3) is 0.0952. The number of rotatable bonds is 7. The molecule has 29 heavy (non-hydrogen) atoms. The number of amides is 1. The third-order valence-corrected chi connectivity index (χ3v) is 4.20. The molecular formula is C21H19FN4O3. The van der Waals surface area contributed by atoms with E-state index < -0.39 is 4.92 Å². The number of nitrogens with one attached hydrogen (secondary N) is 3. The van der Waals surface area contributed by atoms with E-state index in [4.69, 9.17) is 0 Å². The third kappa shape index (κ3) is 5.29. The van der Waals surface area contributed by atoms with Crippen molar-refractivity contribution in [1.82, 2.24) is 0 Å². The Labute approximate surface area is 166 Å². The Morgan fingerprint density at radius 1 is 1.00 bits per heavy atom. The summed E-state index contributed by atoms with van der Waals surface area (Å²) in [6, 6.07) is 17.3. The van der Waals surface area contributed by atoms with Gasteiger partial charge >= 0.3 is 0 Å². The number of nitro benzene ring substituents is 1. The molecule has 0 atom stereocenters. The Bertz CT molecular complexity index is 1040. The number of benzene rings is 3. The molecule has 3 rings (SSSR count). The van der Waals surface area contributed by atoms with E-state index in [9.17, 15) is 19.3 Å². The van der Waals surface area contributed by atoms with Crippen molar-refractivity contribution in [3.63, 3.8) is 0 Å². The van der Waals surface area contributed by atoms with Crippen LogP contribution in [0.1, 0.15) is 5.56 Å². The van der Waals surface area contributed by atoms with Crippen molar-refractivity contribution in [3.8, 4) is 0 Å². The molecule has 0 aromatic heterocycles. The lowest BCUT2D eigenvalue weighted by Gasteiger charge is -2.14. The van der Waals surface area contributed by atoms with Gasteiger partial charge in [0, 0.05) is 23.5 Å². The first-order chi connectivity index (χ1) is 13.9. The number of carbonyl (C=O) groups is 1. The van der Waals surface area contributed by atoms with Gasteiger partial charge in [-0.3, -0.25) is 14.9 Å². The molecule has 7 nitrogen and oxygen atoms in total. The van der Waals surface area contributed by atoms with Crippen LogP contribution in [-0.2, 0) is 4.79 Å². The summed E-state index contributed by atoms with van der Waals surface area (Å²) < 4.78 is 13.1. The Morgan fingerprint density at radius 2 is 1.72 bits per heavy atom. The van der Waals surface area contributed by atoms with Crippen LogP contribution in [0.25, 0.3) is 0 Å². The lowest BCUT2D eigenvalue weighted by molar-refractivity contribution is -0.384. The van der Waals surface area contributed by atoms with E-state index in [1.54, 1.807) is 18.2 Å². The minimum absolute atomic E-state index is 0.0897. The van der Waals surface area contributed by atoms with Crippen LogP contribution in [0.4, 0.5) is 32.8 Å². The Hall–Kier alpha value is -3.94. The molecule has 3 N–H and O–H groups in total. The van der Waals surface area contributed by atoms with Gasteiger partial charge in [-0.25, -0.2) is 4.39 Å². The quantitative estimate of drug-likeness (QED) is 0.394. The molecule has 0 aliphatic heterocycles. The Balaban J connectivity index is 1.75. The number of halogens is 1. The molecule has 0 heterocycles. The first-order valence-electron chi connectivity index (χ1n) is 8.83. The third-order valence-electron chi connectivity index (χ3n) is 4.20. The Kier molecular flexibility index (Phi) is 6.03. The molecule has 0 bridgehead atoms. The van der Waals surface area contributed by atoms with Gasteiger partial charge in [0.2, 0.25) is 5.91 Å². The van der Waals surface area contributed by atoms with Crippen molar-refractivity contribution in [2.45, 2.75) is 6.92 Å². The number of nitro groups is 1. The van der Waals surface area contributed by atoms with Gasteiger partial charge in [-0.1, -0.05) is 18.2 Å². The second kappa shape index (κ2) is 8.83. The van der Waals surface area contributed by atoms with Crippen molar-refractivity contribution >= 4 is 34.3 Å². The number of non-ortho nitro benzene ring substituents is 1. The van der Waals surface area contributed by atoms with Crippen molar-refractivity contribution in [3.05, 3.63) is 88.2 Å². The molecule has 0 spiro atoms. The number of nitrogens with zero attached hydrogens (tertiary/aromatic N) is 1. The predicted octanol–water partition coefficient (Wildman–Crippen LogP) is 4.84. The highest BCUT2D eigenvalue weighted by molar-refractivity contribution is 5.95. The van der Waals surface area contributed by atoms with Crippen molar-refractivity contribution in [2.24, 2.45) is 0 Å². The number of aryl methyl sites for hydroxylation is 1. The largest absolute Gasteiger partial charge is 0.374 e. The van der Waals surface area contributed by atoms with Crippen LogP contribution < -0.4 is 16.0 Å². The zero-order valence-electron chi connectivity index (χ0n) is 15.6. The van der Waals surface area contributed by atoms with Gasteiger partial charge in [-0.15, -0.1) is 0 Å². The van der Waals surface area contributed by atoms with E-state index in [2.05, 4.69) is 16.0 Å². The van der Waals surface area contributed by atoms with Gasteiger partial charge in [-0.05, 0) is 48.9 Å². The molecule has 0 radical (unpaired) electrons. The number of hydrogen-bond acceptors (Lipinski definition) is 5. The number of carbonyl (C=O) groups excluding carboxylic acids is 1. The lowest BCUT2D eigenvalue weighted by Crippen LogP contribution is -2.22. The van der Waals surface area contributed by atoms with Gasteiger partial charge in [0.1, 0.15) is 5.82 Å². The number of hydrogen-bond donors (Lipinski definition) is 3. The van der Waals surface area contributed by atoms with Crippen LogP contribution in [-0.4, -0.2) is 17.4 Å².